The molecule has 3 N–H and O–H groups in total. The summed E-state index contributed by atoms with van der Waals surface area (Å²) in [7, 11) is 1.79. The molecule has 6 nitrogen and oxygen atoms in total. The van der Waals surface area contributed by atoms with Gasteiger partial charge in [-0.25, -0.2) is 9.37 Å². The Hall–Kier alpha value is -2.35. The quantitative estimate of drug-likeness (QED) is 0.866. The van der Waals surface area contributed by atoms with Gasteiger partial charge in [0, 0.05) is 30.2 Å². The molecule has 26 heavy (non-hydrogen) atoms. The third-order valence-corrected chi connectivity index (χ3v) is 6.11. The van der Waals surface area contributed by atoms with Crippen LogP contribution < -0.4 is 11.1 Å². The molecule has 1 aliphatic carbocycles. The maximum atomic E-state index is 14.7. The number of benzene rings is 1. The summed E-state index contributed by atoms with van der Waals surface area (Å²) < 4.78 is 16.4. The zero-order chi connectivity index (χ0) is 18.3. The molecule has 0 radical (unpaired) electrons. The number of amides is 1. The fraction of sp³-hybridized carbons (Fsp3) is 0.389. The standard InChI is InChI=1S/C18H20FN5OS/c1-24-8-15(21-10-24)16(25)22-12-4-5-14(19)13(7-12)18-6-2-3-11(18)9-26-17(20)23-18/h4-5,7-8,10-11H,2-3,6,9H2,1H3,(H2,20,23)(H,22,25). The third-order valence-electron chi connectivity index (χ3n) is 5.16. The first-order valence-corrected chi connectivity index (χ1v) is 9.54. The van der Waals surface area contributed by atoms with Crippen molar-refractivity contribution in [3.63, 3.8) is 0 Å². The molecule has 1 saturated carbocycles. The van der Waals surface area contributed by atoms with Gasteiger partial charge < -0.3 is 15.6 Å². The number of carbonyl (C=O) groups is 1. The zero-order valence-corrected chi connectivity index (χ0v) is 15.2. The van der Waals surface area contributed by atoms with Crippen molar-refractivity contribution in [3.05, 3.63) is 47.8 Å². The second kappa shape index (κ2) is 6.42. The van der Waals surface area contributed by atoms with E-state index < -0.39 is 5.54 Å². The van der Waals surface area contributed by atoms with Gasteiger partial charge in [-0.3, -0.25) is 9.79 Å². The van der Waals surface area contributed by atoms with Gasteiger partial charge in [0.05, 0.1) is 11.9 Å². The first kappa shape index (κ1) is 17.1. The van der Waals surface area contributed by atoms with Gasteiger partial charge in [0.2, 0.25) is 0 Å². The van der Waals surface area contributed by atoms with Gasteiger partial charge in [0.1, 0.15) is 11.5 Å². The van der Waals surface area contributed by atoms with E-state index in [1.165, 1.54) is 17.8 Å². The Morgan fingerprint density at radius 1 is 1.50 bits per heavy atom. The van der Waals surface area contributed by atoms with E-state index in [0.717, 1.165) is 25.0 Å². The summed E-state index contributed by atoms with van der Waals surface area (Å²) in [5, 5.41) is 3.30. The van der Waals surface area contributed by atoms with Gasteiger partial charge in [-0.1, -0.05) is 18.2 Å². The summed E-state index contributed by atoms with van der Waals surface area (Å²) in [5.74, 6) is 0.470. The van der Waals surface area contributed by atoms with E-state index in [1.54, 1.807) is 36.3 Å². The molecule has 1 aromatic carbocycles. The van der Waals surface area contributed by atoms with Crippen molar-refractivity contribution in [2.24, 2.45) is 23.7 Å². The van der Waals surface area contributed by atoms with Crippen molar-refractivity contribution in [2.75, 3.05) is 11.1 Å². The molecule has 0 bridgehead atoms. The Morgan fingerprint density at radius 3 is 3.12 bits per heavy atom. The van der Waals surface area contributed by atoms with Crippen LogP contribution in [0.25, 0.3) is 0 Å². The summed E-state index contributed by atoms with van der Waals surface area (Å²) in [5.41, 5.74) is 6.71. The molecule has 136 valence electrons. The SMILES string of the molecule is Cn1cnc(C(=O)Nc2ccc(F)c(C34CCCC3CSC(N)=N4)c2)c1. The van der Waals surface area contributed by atoms with Crippen LogP contribution in [-0.4, -0.2) is 26.4 Å². The Balaban J connectivity index is 1.68. The molecule has 1 fully saturated rings. The van der Waals surface area contributed by atoms with E-state index in [0.29, 0.717) is 22.1 Å². The maximum absolute atomic E-state index is 14.7. The highest BCUT2D eigenvalue weighted by atomic mass is 32.2. The molecule has 2 aliphatic rings. The van der Waals surface area contributed by atoms with Crippen LogP contribution in [0.1, 0.15) is 35.3 Å². The molecular weight excluding hydrogens is 353 g/mol. The minimum atomic E-state index is -0.620. The number of rotatable bonds is 3. The van der Waals surface area contributed by atoms with Crippen molar-refractivity contribution in [3.8, 4) is 0 Å². The lowest BCUT2D eigenvalue weighted by Gasteiger charge is -2.36. The molecule has 2 heterocycles. The van der Waals surface area contributed by atoms with Gasteiger partial charge in [-0.15, -0.1) is 0 Å². The fourth-order valence-corrected chi connectivity index (χ4v) is 4.96. The molecule has 1 aromatic heterocycles. The average molecular weight is 373 g/mol. The van der Waals surface area contributed by atoms with Crippen LogP contribution in [0.3, 0.4) is 0 Å². The molecule has 2 aromatic rings. The fourth-order valence-electron chi connectivity index (χ4n) is 3.92. The van der Waals surface area contributed by atoms with E-state index in [4.69, 9.17) is 5.73 Å². The van der Waals surface area contributed by atoms with E-state index in [9.17, 15) is 9.18 Å². The number of nitrogens with one attached hydrogen (secondary N) is 1. The molecule has 1 amide bonds. The minimum absolute atomic E-state index is 0.260. The third kappa shape index (κ3) is 2.88. The highest BCUT2D eigenvalue weighted by molar-refractivity contribution is 8.13. The zero-order valence-electron chi connectivity index (χ0n) is 14.4. The summed E-state index contributed by atoms with van der Waals surface area (Å²) in [6.07, 6.45) is 5.96. The van der Waals surface area contributed by atoms with Crippen molar-refractivity contribution in [2.45, 2.75) is 24.8 Å². The summed E-state index contributed by atoms with van der Waals surface area (Å²) in [6.45, 7) is 0. The van der Waals surface area contributed by atoms with Gasteiger partial charge in [-0.2, -0.15) is 0 Å². The largest absolute Gasteiger partial charge is 0.379 e. The number of aryl methyl sites for hydroxylation is 1. The Bertz CT molecular complexity index is 895. The summed E-state index contributed by atoms with van der Waals surface area (Å²) in [6, 6.07) is 4.65. The molecule has 8 heteroatoms. The first-order chi connectivity index (χ1) is 12.5. The van der Waals surface area contributed by atoms with E-state index in [1.807, 2.05) is 0 Å². The molecule has 0 saturated heterocycles. The minimum Gasteiger partial charge on any atom is -0.379 e. The second-order valence-electron chi connectivity index (χ2n) is 6.85. The van der Waals surface area contributed by atoms with Gasteiger partial charge in [-0.05, 0) is 37.0 Å². The van der Waals surface area contributed by atoms with Gasteiger partial charge in [0.25, 0.3) is 5.91 Å². The average Bonchev–Trinajstić information content (AvgIpc) is 3.23. The smallest absolute Gasteiger partial charge is 0.275 e. The number of amidine groups is 1. The van der Waals surface area contributed by atoms with Crippen LogP contribution in [0.4, 0.5) is 10.1 Å². The number of halogens is 1. The number of aliphatic imine (C=N–C) groups is 1. The van der Waals surface area contributed by atoms with Crippen LogP contribution in [0.5, 0.6) is 0 Å². The van der Waals surface area contributed by atoms with Crippen LogP contribution in [0, 0.1) is 11.7 Å². The van der Waals surface area contributed by atoms with Crippen molar-refractivity contribution < 1.29 is 9.18 Å². The van der Waals surface area contributed by atoms with Crippen LogP contribution in [-0.2, 0) is 12.6 Å². The first-order valence-electron chi connectivity index (χ1n) is 8.55. The Labute approximate surface area is 155 Å². The Kier molecular flexibility index (Phi) is 4.22. The normalized spacial score (nSPS) is 24.8. The van der Waals surface area contributed by atoms with Crippen molar-refractivity contribution in [1.82, 2.24) is 9.55 Å². The van der Waals surface area contributed by atoms with Crippen LogP contribution in [0.2, 0.25) is 0 Å². The molecule has 1 aliphatic heterocycles. The number of nitrogens with zero attached hydrogens (tertiary/aromatic N) is 3. The molecular formula is C18H20FN5OS. The van der Waals surface area contributed by atoms with E-state index in [-0.39, 0.29) is 17.6 Å². The number of fused-ring (bicyclic) bond motifs is 1. The molecule has 2 atom stereocenters. The predicted octanol–water partition coefficient (Wildman–Crippen LogP) is 2.87. The number of anilines is 1. The predicted molar refractivity (Wildman–Crippen MR) is 101 cm³/mol. The lowest BCUT2D eigenvalue weighted by atomic mass is 9.81. The number of aromatic nitrogens is 2. The number of carbonyl (C=O) groups excluding carboxylic acids is 1. The van der Waals surface area contributed by atoms with Crippen LogP contribution in [0.15, 0.2) is 35.7 Å². The number of hydrogen-bond acceptors (Lipinski definition) is 5. The second-order valence-corrected chi connectivity index (χ2v) is 7.89. The molecule has 4 rings (SSSR count). The maximum Gasteiger partial charge on any atom is 0.275 e. The van der Waals surface area contributed by atoms with Gasteiger partial charge >= 0.3 is 0 Å². The Morgan fingerprint density at radius 2 is 2.35 bits per heavy atom. The number of hydrogen-bond donors (Lipinski definition) is 2. The van der Waals surface area contributed by atoms with Crippen molar-refractivity contribution in [1.29, 1.82) is 0 Å². The van der Waals surface area contributed by atoms with Crippen LogP contribution >= 0.6 is 11.8 Å². The number of thioether (sulfide) groups is 1. The van der Waals surface area contributed by atoms with E-state index in [2.05, 4.69) is 15.3 Å². The monoisotopic (exact) mass is 373 g/mol. The van der Waals surface area contributed by atoms with Crippen molar-refractivity contribution >= 4 is 28.5 Å². The lowest BCUT2D eigenvalue weighted by molar-refractivity contribution is 0.102. The summed E-state index contributed by atoms with van der Waals surface area (Å²) >= 11 is 1.53. The van der Waals surface area contributed by atoms with E-state index >= 15 is 0 Å². The highest BCUT2D eigenvalue weighted by Crippen LogP contribution is 2.51. The highest BCUT2D eigenvalue weighted by Gasteiger charge is 2.48. The molecule has 2 unspecified atom stereocenters. The molecule has 0 spiro atoms. The topological polar surface area (TPSA) is 85.3 Å². The number of nitrogens with two attached hydrogens (primary N) is 1. The lowest BCUT2D eigenvalue weighted by Crippen LogP contribution is -2.37. The number of imidazole rings is 1. The van der Waals surface area contributed by atoms with Gasteiger partial charge in [0.15, 0.2) is 5.17 Å². The summed E-state index contributed by atoms with van der Waals surface area (Å²) in [4.78, 5) is 21.1.